The van der Waals surface area contributed by atoms with Gasteiger partial charge in [0.2, 0.25) is 5.91 Å². The van der Waals surface area contributed by atoms with Crippen molar-refractivity contribution in [3.05, 3.63) is 48.6 Å². The lowest BCUT2D eigenvalue weighted by Gasteiger charge is -2.58. The summed E-state index contributed by atoms with van der Waals surface area (Å²) in [4.78, 5) is 12.8. The molecule has 0 N–H and O–H groups in total. The number of allylic oxidation sites excluding steroid dienone is 1. The highest BCUT2D eigenvalue weighted by Gasteiger charge is 2.56. The van der Waals surface area contributed by atoms with Crippen LogP contribution in [0.1, 0.15) is 32.8 Å². The van der Waals surface area contributed by atoms with Crippen molar-refractivity contribution in [2.45, 2.75) is 57.8 Å². The number of benzene rings is 1. The number of hydrogen-bond donors (Lipinski definition) is 0. The summed E-state index contributed by atoms with van der Waals surface area (Å²) in [6.45, 7) is 15.3. The molecule has 0 aliphatic carbocycles. The smallest absolute Gasteiger partial charge is 0.220 e. The van der Waals surface area contributed by atoms with Gasteiger partial charge in [-0.3, -0.25) is 4.79 Å². The second-order valence-electron chi connectivity index (χ2n) is 7.91. The number of rotatable bonds is 5. The molecule has 1 heterocycles. The third kappa shape index (κ3) is 2.91. The molecule has 2 atom stereocenters. The minimum Gasteiger partial charge on any atom is -0.365 e. The number of carbonyl (C=O) groups excluding carboxylic acids is 1. The van der Waals surface area contributed by atoms with Gasteiger partial charge in [0.25, 0.3) is 0 Å². The van der Waals surface area contributed by atoms with Crippen molar-refractivity contribution < 1.29 is 4.79 Å². The third-order valence-electron chi connectivity index (χ3n) is 5.50. The SMILES string of the molecule is C=CC[C@@H]1C(=O)N([Si](C)(C)C(C)(C)C)[C@H]1Cc1ccccc1. The lowest BCUT2D eigenvalue weighted by atomic mass is 9.83. The number of nitrogens with zero attached hydrogens (tertiary/aromatic N) is 1. The van der Waals surface area contributed by atoms with Gasteiger partial charge in [-0.15, -0.1) is 6.58 Å². The van der Waals surface area contributed by atoms with E-state index in [0.717, 1.165) is 12.8 Å². The molecule has 1 aromatic rings. The van der Waals surface area contributed by atoms with Gasteiger partial charge in [0.05, 0.1) is 5.92 Å². The summed E-state index contributed by atoms with van der Waals surface area (Å²) in [7, 11) is -1.82. The minimum absolute atomic E-state index is 0.117. The van der Waals surface area contributed by atoms with Crippen molar-refractivity contribution in [2.24, 2.45) is 5.92 Å². The molecule has 1 fully saturated rings. The first-order valence-corrected chi connectivity index (χ1v) is 11.1. The van der Waals surface area contributed by atoms with Crippen LogP contribution in [0.4, 0.5) is 0 Å². The highest BCUT2D eigenvalue weighted by Crippen LogP contribution is 2.46. The van der Waals surface area contributed by atoms with E-state index in [1.807, 2.05) is 12.1 Å². The quantitative estimate of drug-likeness (QED) is 0.440. The van der Waals surface area contributed by atoms with Crippen LogP contribution in [0.15, 0.2) is 43.0 Å². The van der Waals surface area contributed by atoms with Gasteiger partial charge >= 0.3 is 0 Å². The largest absolute Gasteiger partial charge is 0.365 e. The summed E-state index contributed by atoms with van der Waals surface area (Å²) in [5.74, 6) is 0.458. The highest BCUT2D eigenvalue weighted by molar-refractivity contribution is 6.80. The van der Waals surface area contributed by atoms with Crippen LogP contribution < -0.4 is 0 Å². The summed E-state index contributed by atoms with van der Waals surface area (Å²) >= 11 is 0. The van der Waals surface area contributed by atoms with E-state index in [0.29, 0.717) is 11.9 Å². The molecule has 0 saturated carbocycles. The molecule has 1 aliphatic heterocycles. The Kier molecular flexibility index (Phi) is 4.66. The Bertz CT molecular complexity index is 544. The molecule has 2 rings (SSSR count). The van der Waals surface area contributed by atoms with Crippen LogP contribution >= 0.6 is 0 Å². The van der Waals surface area contributed by atoms with Crippen LogP contribution in [0, 0.1) is 5.92 Å². The molecular formula is C19H29NOSi. The van der Waals surface area contributed by atoms with E-state index < -0.39 is 8.24 Å². The zero-order chi connectivity index (χ0) is 16.5. The number of β-lactam (4-membered cyclic amide) rings is 1. The Labute approximate surface area is 136 Å². The second kappa shape index (κ2) is 6.03. The zero-order valence-corrected chi connectivity index (χ0v) is 15.6. The Hall–Kier alpha value is -1.35. The molecule has 0 bridgehead atoms. The Morgan fingerprint density at radius 2 is 1.82 bits per heavy atom. The first-order chi connectivity index (χ1) is 10.2. The summed E-state index contributed by atoms with van der Waals surface area (Å²) in [5.41, 5.74) is 1.32. The molecule has 0 aromatic heterocycles. The van der Waals surface area contributed by atoms with E-state index in [4.69, 9.17) is 0 Å². The molecule has 22 heavy (non-hydrogen) atoms. The maximum Gasteiger partial charge on any atom is 0.220 e. The van der Waals surface area contributed by atoms with Crippen LogP contribution in [-0.2, 0) is 11.2 Å². The van der Waals surface area contributed by atoms with Crippen LogP contribution in [0.5, 0.6) is 0 Å². The average Bonchev–Trinajstić information content (AvgIpc) is 2.44. The molecule has 1 aliphatic rings. The van der Waals surface area contributed by atoms with Gasteiger partial charge in [0, 0.05) is 6.04 Å². The van der Waals surface area contributed by atoms with Crippen LogP contribution in [-0.4, -0.2) is 24.7 Å². The average molecular weight is 316 g/mol. The van der Waals surface area contributed by atoms with Crippen molar-refractivity contribution in [2.75, 3.05) is 0 Å². The molecule has 0 radical (unpaired) electrons. The predicted molar refractivity (Wildman–Crippen MR) is 96.3 cm³/mol. The molecule has 3 heteroatoms. The van der Waals surface area contributed by atoms with Crippen molar-refractivity contribution in [1.82, 2.24) is 4.57 Å². The fraction of sp³-hybridized carbons (Fsp3) is 0.526. The second-order valence-corrected chi connectivity index (χ2v) is 13.0. The Morgan fingerprint density at radius 1 is 1.23 bits per heavy atom. The molecule has 1 aromatic carbocycles. The van der Waals surface area contributed by atoms with Crippen molar-refractivity contribution in [1.29, 1.82) is 0 Å². The van der Waals surface area contributed by atoms with Crippen molar-refractivity contribution in [3.63, 3.8) is 0 Å². The van der Waals surface area contributed by atoms with Crippen LogP contribution in [0.3, 0.4) is 0 Å². The molecule has 2 nitrogen and oxygen atoms in total. The fourth-order valence-corrected chi connectivity index (χ4v) is 5.72. The molecule has 1 saturated heterocycles. The van der Waals surface area contributed by atoms with Gasteiger partial charge in [-0.1, -0.05) is 70.3 Å². The standard InChI is InChI=1S/C19H29NOSi/c1-7-11-16-17(14-15-12-9-8-10-13-15)20(18(16)21)22(5,6)19(2,3)4/h7-10,12-13,16-17H,1,11,14H2,2-6H3/t16-,17-/m0/s1. The number of carbonyl (C=O) groups is 1. The summed E-state index contributed by atoms with van der Waals surface area (Å²) in [5, 5.41) is 0.177. The third-order valence-corrected chi connectivity index (χ3v) is 10.9. The van der Waals surface area contributed by atoms with Crippen LogP contribution in [0.25, 0.3) is 0 Å². The lowest BCUT2D eigenvalue weighted by Crippen LogP contribution is -2.73. The summed E-state index contributed by atoms with van der Waals surface area (Å²) in [6, 6.07) is 10.9. The molecule has 0 unspecified atom stereocenters. The zero-order valence-electron chi connectivity index (χ0n) is 14.6. The minimum atomic E-state index is -1.82. The maximum absolute atomic E-state index is 12.8. The molecule has 120 valence electrons. The van der Waals surface area contributed by atoms with E-state index in [-0.39, 0.29) is 11.0 Å². The van der Waals surface area contributed by atoms with Gasteiger partial charge in [0.15, 0.2) is 8.24 Å². The lowest BCUT2D eigenvalue weighted by molar-refractivity contribution is -0.147. The molecular weight excluding hydrogens is 286 g/mol. The Balaban J connectivity index is 2.28. The van der Waals surface area contributed by atoms with E-state index in [9.17, 15) is 4.79 Å². The van der Waals surface area contributed by atoms with Crippen LogP contribution in [0.2, 0.25) is 18.1 Å². The van der Waals surface area contributed by atoms with Crippen molar-refractivity contribution >= 4 is 14.1 Å². The van der Waals surface area contributed by atoms with Gasteiger partial charge in [-0.25, -0.2) is 0 Å². The van der Waals surface area contributed by atoms with E-state index in [1.165, 1.54) is 5.56 Å². The van der Waals surface area contributed by atoms with Gasteiger partial charge < -0.3 is 4.57 Å². The Morgan fingerprint density at radius 3 is 2.32 bits per heavy atom. The number of amides is 1. The summed E-state index contributed by atoms with van der Waals surface area (Å²) in [6.07, 6.45) is 3.64. The fourth-order valence-electron chi connectivity index (χ4n) is 3.18. The van der Waals surface area contributed by atoms with Gasteiger partial charge in [-0.2, -0.15) is 0 Å². The van der Waals surface area contributed by atoms with Gasteiger partial charge in [0.1, 0.15) is 0 Å². The normalized spacial score (nSPS) is 22.4. The first kappa shape index (κ1) is 17.0. The number of hydrogen-bond acceptors (Lipinski definition) is 1. The van der Waals surface area contributed by atoms with Gasteiger partial charge in [-0.05, 0) is 23.4 Å². The topological polar surface area (TPSA) is 20.3 Å². The van der Waals surface area contributed by atoms with E-state index >= 15 is 0 Å². The van der Waals surface area contributed by atoms with Crippen molar-refractivity contribution in [3.8, 4) is 0 Å². The molecule has 1 amide bonds. The molecule has 0 spiro atoms. The predicted octanol–water partition coefficient (Wildman–Crippen LogP) is 4.64. The maximum atomic E-state index is 12.8. The monoisotopic (exact) mass is 315 g/mol. The first-order valence-electron chi connectivity index (χ1n) is 8.18. The van der Waals surface area contributed by atoms with E-state index in [2.05, 4.69) is 69.3 Å². The summed E-state index contributed by atoms with van der Waals surface area (Å²) < 4.78 is 2.26. The highest BCUT2D eigenvalue weighted by atomic mass is 28.3. The van der Waals surface area contributed by atoms with E-state index in [1.54, 1.807) is 0 Å².